The topological polar surface area (TPSA) is 83.6 Å². The lowest BCUT2D eigenvalue weighted by Crippen LogP contribution is -2.12. The van der Waals surface area contributed by atoms with Gasteiger partial charge in [-0.2, -0.15) is 5.10 Å². The maximum atomic E-state index is 12.9. The van der Waals surface area contributed by atoms with Gasteiger partial charge in [0.15, 0.2) is 0 Å². The fourth-order valence-corrected chi connectivity index (χ4v) is 4.34. The highest BCUT2D eigenvalue weighted by atomic mass is 32.2. The van der Waals surface area contributed by atoms with Crippen LogP contribution >= 0.6 is 11.8 Å². The summed E-state index contributed by atoms with van der Waals surface area (Å²) in [5, 5.41) is 11.5. The van der Waals surface area contributed by atoms with Crippen molar-refractivity contribution in [3.8, 4) is 0 Å². The van der Waals surface area contributed by atoms with E-state index in [4.69, 9.17) is 0 Å². The number of amides is 1. The number of aromatic amines is 1. The van der Waals surface area contributed by atoms with Gasteiger partial charge < -0.3 is 5.32 Å². The number of H-pyrrole nitrogens is 1. The van der Waals surface area contributed by atoms with Gasteiger partial charge in [-0.15, -0.1) is 0 Å². The van der Waals surface area contributed by atoms with Gasteiger partial charge in [0, 0.05) is 39.5 Å². The number of carbonyl (C=O) groups is 1. The molecular weight excluding hydrogens is 430 g/mol. The van der Waals surface area contributed by atoms with Gasteiger partial charge in [0.25, 0.3) is 5.91 Å². The molecule has 5 aromatic rings. The fraction of sp³-hybridized carbons (Fsp3) is 0. The number of rotatable bonds is 6. The lowest BCUT2D eigenvalue weighted by atomic mass is 10.2. The van der Waals surface area contributed by atoms with Gasteiger partial charge >= 0.3 is 0 Å². The molecule has 0 aliphatic rings. The molecule has 0 aliphatic heterocycles. The highest BCUT2D eigenvalue weighted by Crippen LogP contribution is 2.33. The summed E-state index contributed by atoms with van der Waals surface area (Å²) >= 11 is 1.54. The van der Waals surface area contributed by atoms with Crippen LogP contribution in [-0.2, 0) is 0 Å². The zero-order chi connectivity index (χ0) is 22.5. The molecule has 2 aromatic carbocycles. The number of fused-ring (bicyclic) bond motifs is 1. The van der Waals surface area contributed by atoms with Crippen molar-refractivity contribution in [3.05, 3.63) is 108 Å². The third-order valence-corrected chi connectivity index (χ3v) is 6.03. The Kier molecular flexibility index (Phi) is 5.95. The summed E-state index contributed by atoms with van der Waals surface area (Å²) in [4.78, 5) is 23.0. The molecular formula is C26H19N5OS. The number of hydrogen-bond donors (Lipinski definition) is 2. The summed E-state index contributed by atoms with van der Waals surface area (Å²) in [7, 11) is 0. The molecule has 0 radical (unpaired) electrons. The number of anilines is 1. The molecule has 2 N–H and O–H groups in total. The van der Waals surface area contributed by atoms with Crippen molar-refractivity contribution < 1.29 is 4.79 Å². The van der Waals surface area contributed by atoms with E-state index < -0.39 is 0 Å². The summed E-state index contributed by atoms with van der Waals surface area (Å²) < 4.78 is 0. The van der Waals surface area contributed by atoms with E-state index in [2.05, 4.69) is 25.5 Å². The predicted molar refractivity (Wildman–Crippen MR) is 132 cm³/mol. The highest BCUT2D eigenvalue weighted by Gasteiger charge is 2.13. The minimum absolute atomic E-state index is 0.158. The average molecular weight is 450 g/mol. The van der Waals surface area contributed by atoms with Crippen LogP contribution in [0.25, 0.3) is 23.1 Å². The van der Waals surface area contributed by atoms with E-state index in [1.54, 1.807) is 30.7 Å². The standard InChI is InChI=1S/C26H19N5OS/c32-26(29-19-12-15-27-16-13-19)22-6-1-2-7-25(22)33-20-9-10-21-23(30-31-24(21)17-20)11-8-18-5-3-4-14-28-18/h1-17H,(H,30,31)(H,27,29,32)/b11-8+. The molecule has 0 spiro atoms. The summed E-state index contributed by atoms with van der Waals surface area (Å²) in [5.74, 6) is -0.158. The summed E-state index contributed by atoms with van der Waals surface area (Å²) in [6, 6.07) is 23.0. The number of benzene rings is 2. The Morgan fingerprint density at radius 3 is 2.61 bits per heavy atom. The van der Waals surface area contributed by atoms with Gasteiger partial charge in [-0.1, -0.05) is 30.0 Å². The van der Waals surface area contributed by atoms with Gasteiger partial charge in [0.05, 0.1) is 22.5 Å². The van der Waals surface area contributed by atoms with Gasteiger partial charge in [-0.05, 0) is 66.7 Å². The minimum Gasteiger partial charge on any atom is -0.322 e. The Morgan fingerprint density at radius 2 is 1.76 bits per heavy atom. The second-order valence-electron chi connectivity index (χ2n) is 7.19. The maximum Gasteiger partial charge on any atom is 0.256 e. The van der Waals surface area contributed by atoms with Crippen LogP contribution in [0.2, 0.25) is 0 Å². The third kappa shape index (κ3) is 4.83. The molecule has 0 saturated heterocycles. The van der Waals surface area contributed by atoms with Crippen LogP contribution in [-0.4, -0.2) is 26.1 Å². The molecule has 3 aromatic heterocycles. The van der Waals surface area contributed by atoms with Crippen LogP contribution < -0.4 is 5.32 Å². The van der Waals surface area contributed by atoms with Gasteiger partial charge in [0.1, 0.15) is 0 Å². The van der Waals surface area contributed by atoms with Crippen LogP contribution in [0, 0.1) is 0 Å². The number of aromatic nitrogens is 4. The van der Waals surface area contributed by atoms with Crippen molar-refractivity contribution in [2.75, 3.05) is 5.32 Å². The first-order valence-electron chi connectivity index (χ1n) is 10.3. The Bertz CT molecular complexity index is 1430. The third-order valence-electron chi connectivity index (χ3n) is 4.96. The van der Waals surface area contributed by atoms with E-state index in [1.807, 2.05) is 72.8 Å². The largest absolute Gasteiger partial charge is 0.322 e. The van der Waals surface area contributed by atoms with Crippen molar-refractivity contribution in [2.24, 2.45) is 0 Å². The monoisotopic (exact) mass is 449 g/mol. The molecule has 5 rings (SSSR count). The molecule has 160 valence electrons. The summed E-state index contributed by atoms with van der Waals surface area (Å²) in [6.45, 7) is 0. The molecule has 0 saturated carbocycles. The normalized spacial score (nSPS) is 11.2. The maximum absolute atomic E-state index is 12.9. The molecule has 6 nitrogen and oxygen atoms in total. The van der Waals surface area contributed by atoms with Crippen LogP contribution in [0.1, 0.15) is 21.7 Å². The SMILES string of the molecule is O=C(Nc1ccncc1)c1ccccc1Sc1ccc2c(/C=C/c3ccccn3)n[nH]c2c1. The lowest BCUT2D eigenvalue weighted by Gasteiger charge is -2.10. The van der Waals surface area contributed by atoms with Crippen molar-refractivity contribution in [1.82, 2.24) is 20.2 Å². The van der Waals surface area contributed by atoms with E-state index in [0.717, 1.165) is 32.1 Å². The van der Waals surface area contributed by atoms with Crippen molar-refractivity contribution in [3.63, 3.8) is 0 Å². The van der Waals surface area contributed by atoms with Crippen molar-refractivity contribution in [1.29, 1.82) is 0 Å². The lowest BCUT2D eigenvalue weighted by molar-refractivity contribution is 0.102. The van der Waals surface area contributed by atoms with E-state index in [-0.39, 0.29) is 5.91 Å². The highest BCUT2D eigenvalue weighted by molar-refractivity contribution is 7.99. The number of nitrogens with zero attached hydrogens (tertiary/aromatic N) is 3. The zero-order valence-electron chi connectivity index (χ0n) is 17.5. The molecule has 0 atom stereocenters. The predicted octanol–water partition coefficient (Wildman–Crippen LogP) is 5.93. The van der Waals surface area contributed by atoms with Crippen LogP contribution in [0.15, 0.2) is 101 Å². The molecule has 1 amide bonds. The molecule has 33 heavy (non-hydrogen) atoms. The van der Waals surface area contributed by atoms with Crippen LogP contribution in [0.5, 0.6) is 0 Å². The number of carbonyl (C=O) groups excluding carboxylic acids is 1. The Labute approximate surface area is 194 Å². The van der Waals surface area contributed by atoms with E-state index in [0.29, 0.717) is 11.3 Å². The van der Waals surface area contributed by atoms with E-state index >= 15 is 0 Å². The van der Waals surface area contributed by atoms with Crippen LogP contribution in [0.4, 0.5) is 5.69 Å². The molecule has 0 unspecified atom stereocenters. The Balaban J connectivity index is 1.37. The number of hydrogen-bond acceptors (Lipinski definition) is 5. The second-order valence-corrected chi connectivity index (χ2v) is 8.31. The zero-order valence-corrected chi connectivity index (χ0v) is 18.3. The quantitative estimate of drug-likeness (QED) is 0.336. The molecule has 3 heterocycles. The number of nitrogens with one attached hydrogen (secondary N) is 2. The molecule has 7 heteroatoms. The summed E-state index contributed by atoms with van der Waals surface area (Å²) in [5.41, 5.74) is 3.98. The Morgan fingerprint density at radius 1 is 0.909 bits per heavy atom. The minimum atomic E-state index is -0.158. The first-order valence-corrected chi connectivity index (χ1v) is 11.1. The number of pyridine rings is 2. The second kappa shape index (κ2) is 9.50. The first-order chi connectivity index (χ1) is 16.3. The average Bonchev–Trinajstić information content (AvgIpc) is 3.26. The van der Waals surface area contributed by atoms with E-state index in [9.17, 15) is 4.79 Å². The van der Waals surface area contributed by atoms with E-state index in [1.165, 1.54) is 11.8 Å². The van der Waals surface area contributed by atoms with Gasteiger partial charge in [-0.25, -0.2) is 0 Å². The van der Waals surface area contributed by atoms with Crippen LogP contribution in [0.3, 0.4) is 0 Å². The smallest absolute Gasteiger partial charge is 0.256 e. The summed E-state index contributed by atoms with van der Waals surface area (Å²) in [6.07, 6.45) is 8.95. The molecule has 0 aliphatic carbocycles. The molecule has 0 fully saturated rings. The Hall–Kier alpha value is -4.23. The van der Waals surface area contributed by atoms with Gasteiger partial charge in [-0.3, -0.25) is 19.9 Å². The first kappa shape index (κ1) is 20.7. The van der Waals surface area contributed by atoms with Crippen molar-refractivity contribution >= 4 is 46.4 Å². The molecule has 0 bridgehead atoms. The van der Waals surface area contributed by atoms with Crippen molar-refractivity contribution in [2.45, 2.75) is 9.79 Å². The fourth-order valence-electron chi connectivity index (χ4n) is 3.35. The van der Waals surface area contributed by atoms with Gasteiger partial charge in [0.2, 0.25) is 0 Å².